The minimum atomic E-state index is -0.505. The Morgan fingerprint density at radius 2 is 1.75 bits per heavy atom. The number of carbonyl (C=O) groups is 2. The highest BCUT2D eigenvalue weighted by molar-refractivity contribution is 6.31. The van der Waals surface area contributed by atoms with Gasteiger partial charge in [-0.05, 0) is 48.4 Å². The Morgan fingerprint density at radius 1 is 1.08 bits per heavy atom. The minimum Gasteiger partial charge on any atom is -0.484 e. The summed E-state index contributed by atoms with van der Waals surface area (Å²) in [5, 5.41) is 0.611. The van der Waals surface area contributed by atoms with E-state index in [1.165, 1.54) is 24.3 Å². The molecule has 0 heterocycles. The van der Waals surface area contributed by atoms with Gasteiger partial charge in [0.1, 0.15) is 11.6 Å². The number of nitrogens with one attached hydrogen (secondary N) is 2. The van der Waals surface area contributed by atoms with Crippen LogP contribution in [0.25, 0.3) is 0 Å². The van der Waals surface area contributed by atoms with Crippen molar-refractivity contribution >= 4 is 23.4 Å². The largest absolute Gasteiger partial charge is 0.484 e. The van der Waals surface area contributed by atoms with Gasteiger partial charge in [-0.3, -0.25) is 20.4 Å². The molecule has 0 spiro atoms. The van der Waals surface area contributed by atoms with E-state index in [1.807, 2.05) is 6.92 Å². The maximum atomic E-state index is 12.8. The molecule has 0 radical (unpaired) electrons. The summed E-state index contributed by atoms with van der Waals surface area (Å²) in [6, 6.07) is 10.6. The van der Waals surface area contributed by atoms with Crippen molar-refractivity contribution in [3.8, 4) is 5.75 Å². The number of carbonyl (C=O) groups excluding carboxylic acids is 2. The molecule has 2 rings (SSSR count). The molecule has 0 bridgehead atoms. The van der Waals surface area contributed by atoms with E-state index in [-0.39, 0.29) is 18.8 Å². The molecule has 0 fully saturated rings. The number of rotatable bonds is 5. The fraction of sp³-hybridized carbons (Fsp3) is 0.176. The molecule has 0 aliphatic carbocycles. The summed E-state index contributed by atoms with van der Waals surface area (Å²) in [5.74, 6) is -0.793. The normalized spacial score (nSPS) is 10.1. The number of halogens is 2. The third-order valence-electron chi connectivity index (χ3n) is 3.12. The van der Waals surface area contributed by atoms with Gasteiger partial charge in [0.25, 0.3) is 5.91 Å². The van der Waals surface area contributed by atoms with Crippen LogP contribution < -0.4 is 15.6 Å². The number of amides is 2. The van der Waals surface area contributed by atoms with Crippen molar-refractivity contribution in [2.75, 3.05) is 6.61 Å². The zero-order chi connectivity index (χ0) is 17.5. The van der Waals surface area contributed by atoms with E-state index in [4.69, 9.17) is 16.3 Å². The summed E-state index contributed by atoms with van der Waals surface area (Å²) >= 11 is 5.90. The van der Waals surface area contributed by atoms with Gasteiger partial charge in [-0.1, -0.05) is 23.7 Å². The predicted octanol–water partition coefficient (Wildman–Crippen LogP) is 2.56. The fourth-order valence-electron chi connectivity index (χ4n) is 1.86. The molecule has 0 saturated carbocycles. The van der Waals surface area contributed by atoms with Crippen LogP contribution in [0, 0.1) is 12.7 Å². The fourth-order valence-corrected chi connectivity index (χ4v) is 1.98. The highest BCUT2D eigenvalue weighted by Gasteiger charge is 2.07. The molecule has 2 aromatic rings. The lowest BCUT2D eigenvalue weighted by molar-refractivity contribution is -0.129. The van der Waals surface area contributed by atoms with E-state index in [0.717, 1.165) is 5.56 Å². The van der Waals surface area contributed by atoms with Crippen LogP contribution in [-0.4, -0.2) is 18.4 Å². The van der Waals surface area contributed by atoms with Gasteiger partial charge in [0, 0.05) is 5.02 Å². The summed E-state index contributed by atoms with van der Waals surface area (Å²) in [7, 11) is 0. The summed E-state index contributed by atoms with van der Waals surface area (Å²) in [5.41, 5.74) is 5.99. The van der Waals surface area contributed by atoms with Crippen LogP contribution in [0.2, 0.25) is 5.02 Å². The Bertz CT molecular complexity index is 735. The molecule has 2 aromatic carbocycles. The van der Waals surface area contributed by atoms with Crippen molar-refractivity contribution in [2.45, 2.75) is 13.3 Å². The number of hydrogen-bond acceptors (Lipinski definition) is 3. The SMILES string of the molecule is Cc1cc(OCC(=O)NNC(=O)Cc2ccc(F)cc2)ccc1Cl. The zero-order valence-corrected chi connectivity index (χ0v) is 13.7. The highest BCUT2D eigenvalue weighted by Crippen LogP contribution is 2.20. The maximum absolute atomic E-state index is 12.8. The first-order valence-electron chi connectivity index (χ1n) is 7.15. The average molecular weight is 351 g/mol. The number of benzene rings is 2. The Labute approximate surface area is 143 Å². The molecule has 24 heavy (non-hydrogen) atoms. The first-order chi connectivity index (χ1) is 11.4. The lowest BCUT2D eigenvalue weighted by Gasteiger charge is -2.09. The molecular formula is C17H16ClFN2O3. The van der Waals surface area contributed by atoms with Gasteiger partial charge >= 0.3 is 0 Å². The van der Waals surface area contributed by atoms with Crippen LogP contribution in [0.4, 0.5) is 4.39 Å². The summed E-state index contributed by atoms with van der Waals surface area (Å²) in [6.45, 7) is 1.57. The van der Waals surface area contributed by atoms with E-state index in [0.29, 0.717) is 16.3 Å². The Morgan fingerprint density at radius 3 is 2.42 bits per heavy atom. The van der Waals surface area contributed by atoms with E-state index >= 15 is 0 Å². The molecule has 2 N–H and O–H groups in total. The van der Waals surface area contributed by atoms with Gasteiger partial charge in [0.05, 0.1) is 6.42 Å². The van der Waals surface area contributed by atoms with E-state index in [9.17, 15) is 14.0 Å². The van der Waals surface area contributed by atoms with Crippen LogP contribution >= 0.6 is 11.6 Å². The maximum Gasteiger partial charge on any atom is 0.276 e. The lowest BCUT2D eigenvalue weighted by atomic mass is 10.1. The highest BCUT2D eigenvalue weighted by atomic mass is 35.5. The van der Waals surface area contributed by atoms with Crippen LogP contribution in [0.3, 0.4) is 0 Å². The smallest absolute Gasteiger partial charge is 0.276 e. The molecular weight excluding hydrogens is 335 g/mol. The summed E-state index contributed by atoms with van der Waals surface area (Å²) in [6.07, 6.45) is 0.0256. The predicted molar refractivity (Wildman–Crippen MR) is 88.1 cm³/mol. The standard InChI is InChI=1S/C17H16ClFN2O3/c1-11-8-14(6-7-15(11)18)24-10-17(23)21-20-16(22)9-12-2-4-13(19)5-3-12/h2-8H,9-10H2,1H3,(H,20,22)(H,21,23). The van der Waals surface area contributed by atoms with Gasteiger partial charge in [-0.25, -0.2) is 4.39 Å². The second-order valence-corrected chi connectivity index (χ2v) is 5.51. The van der Waals surface area contributed by atoms with Gasteiger partial charge in [0.15, 0.2) is 6.61 Å². The van der Waals surface area contributed by atoms with E-state index in [2.05, 4.69) is 10.9 Å². The van der Waals surface area contributed by atoms with Gasteiger partial charge in [0.2, 0.25) is 5.91 Å². The number of hydrogen-bond donors (Lipinski definition) is 2. The summed E-state index contributed by atoms with van der Waals surface area (Å²) in [4.78, 5) is 23.3. The molecule has 0 unspecified atom stereocenters. The van der Waals surface area contributed by atoms with Crippen molar-refractivity contribution in [3.05, 3.63) is 64.4 Å². The molecule has 0 atom stereocenters. The zero-order valence-electron chi connectivity index (χ0n) is 12.9. The molecule has 0 aliphatic heterocycles. The van der Waals surface area contributed by atoms with Crippen LogP contribution in [0.15, 0.2) is 42.5 Å². The third-order valence-corrected chi connectivity index (χ3v) is 3.54. The first kappa shape index (κ1) is 17.7. The first-order valence-corrected chi connectivity index (χ1v) is 7.53. The Hall–Kier alpha value is -2.60. The van der Waals surface area contributed by atoms with Crippen molar-refractivity contribution in [3.63, 3.8) is 0 Å². The molecule has 5 nitrogen and oxygen atoms in total. The molecule has 0 saturated heterocycles. The lowest BCUT2D eigenvalue weighted by Crippen LogP contribution is -2.44. The van der Waals surface area contributed by atoms with Gasteiger partial charge in [-0.2, -0.15) is 0 Å². The number of hydrazine groups is 1. The molecule has 126 valence electrons. The van der Waals surface area contributed by atoms with Crippen molar-refractivity contribution < 1.29 is 18.7 Å². The van der Waals surface area contributed by atoms with Crippen molar-refractivity contribution in [1.29, 1.82) is 0 Å². The Kier molecular flexibility index (Phi) is 6.14. The minimum absolute atomic E-state index is 0.0256. The number of ether oxygens (including phenoxy) is 1. The van der Waals surface area contributed by atoms with Gasteiger partial charge < -0.3 is 4.74 Å². The van der Waals surface area contributed by atoms with Crippen LogP contribution in [-0.2, 0) is 16.0 Å². The topological polar surface area (TPSA) is 67.4 Å². The van der Waals surface area contributed by atoms with E-state index < -0.39 is 11.8 Å². The van der Waals surface area contributed by atoms with Crippen LogP contribution in [0.5, 0.6) is 5.75 Å². The van der Waals surface area contributed by atoms with Crippen molar-refractivity contribution in [2.24, 2.45) is 0 Å². The van der Waals surface area contributed by atoms with Crippen molar-refractivity contribution in [1.82, 2.24) is 10.9 Å². The number of aryl methyl sites for hydroxylation is 1. The quantitative estimate of drug-likeness (QED) is 0.814. The summed E-state index contributed by atoms with van der Waals surface area (Å²) < 4.78 is 18.1. The monoisotopic (exact) mass is 350 g/mol. The van der Waals surface area contributed by atoms with Crippen LogP contribution in [0.1, 0.15) is 11.1 Å². The van der Waals surface area contributed by atoms with E-state index in [1.54, 1.807) is 18.2 Å². The molecule has 2 amide bonds. The second-order valence-electron chi connectivity index (χ2n) is 5.10. The molecule has 7 heteroatoms. The molecule has 0 aromatic heterocycles. The average Bonchev–Trinajstić information content (AvgIpc) is 2.56. The second kappa shape index (κ2) is 8.31. The van der Waals surface area contributed by atoms with Gasteiger partial charge in [-0.15, -0.1) is 0 Å². The third kappa shape index (κ3) is 5.55. The molecule has 0 aliphatic rings. The Balaban J connectivity index is 1.73.